The third kappa shape index (κ3) is 4.56. The van der Waals surface area contributed by atoms with Gasteiger partial charge in [0.25, 0.3) is 0 Å². The Kier molecular flexibility index (Phi) is 6.58. The summed E-state index contributed by atoms with van der Waals surface area (Å²) in [5.74, 6) is -1.88. The summed E-state index contributed by atoms with van der Waals surface area (Å²) < 4.78 is 26.1. The first-order valence-electron chi connectivity index (χ1n) is 6.93. The summed E-state index contributed by atoms with van der Waals surface area (Å²) in [7, 11) is 0. The normalized spacial score (nSPS) is 12.2. The first-order valence-corrected chi connectivity index (χ1v) is 6.93. The average molecular weight is 284 g/mol. The third-order valence-electron chi connectivity index (χ3n) is 3.17. The van der Waals surface area contributed by atoms with Crippen molar-refractivity contribution in [1.29, 1.82) is 0 Å². The van der Waals surface area contributed by atoms with Gasteiger partial charge in [0.05, 0.1) is 0 Å². The number of carbonyl (C=O) groups is 1. The van der Waals surface area contributed by atoms with Gasteiger partial charge in [-0.25, -0.2) is 8.78 Å². The summed E-state index contributed by atoms with van der Waals surface area (Å²) in [5, 5.41) is 3.13. The molecule has 1 aromatic rings. The van der Waals surface area contributed by atoms with Crippen LogP contribution in [0.5, 0.6) is 0 Å². The van der Waals surface area contributed by atoms with Gasteiger partial charge >= 0.3 is 0 Å². The van der Waals surface area contributed by atoms with E-state index in [-0.39, 0.29) is 11.8 Å². The minimum atomic E-state index is -0.883. The Morgan fingerprint density at radius 3 is 2.55 bits per heavy atom. The molecule has 1 aromatic carbocycles. The van der Waals surface area contributed by atoms with Crippen LogP contribution in [0.3, 0.4) is 0 Å². The highest BCUT2D eigenvalue weighted by atomic mass is 19.2. The molecule has 0 bridgehead atoms. The molecule has 0 fully saturated rings. The lowest BCUT2D eigenvalue weighted by Gasteiger charge is -2.24. The zero-order valence-electron chi connectivity index (χ0n) is 12.2. The molecule has 112 valence electrons. The number of hydrogen-bond acceptors (Lipinski definition) is 2. The Hall–Kier alpha value is -1.49. The van der Waals surface area contributed by atoms with Crippen molar-refractivity contribution in [2.75, 3.05) is 19.6 Å². The van der Waals surface area contributed by atoms with E-state index in [1.54, 1.807) is 4.90 Å². The highest BCUT2D eigenvalue weighted by Crippen LogP contribution is 2.12. The Morgan fingerprint density at radius 1 is 1.30 bits per heavy atom. The predicted octanol–water partition coefficient (Wildman–Crippen LogP) is 2.56. The molecule has 5 heteroatoms. The van der Waals surface area contributed by atoms with Crippen molar-refractivity contribution in [3.63, 3.8) is 0 Å². The number of halogens is 2. The third-order valence-corrected chi connectivity index (χ3v) is 3.17. The Morgan fingerprint density at radius 2 is 2.00 bits per heavy atom. The highest BCUT2D eigenvalue weighted by molar-refractivity contribution is 5.78. The predicted molar refractivity (Wildman–Crippen MR) is 75.2 cm³/mol. The van der Waals surface area contributed by atoms with Crippen molar-refractivity contribution >= 4 is 5.91 Å². The Labute approximate surface area is 119 Å². The molecule has 0 aromatic heterocycles. The summed E-state index contributed by atoms with van der Waals surface area (Å²) in [4.78, 5) is 13.9. The summed E-state index contributed by atoms with van der Waals surface area (Å²) in [6, 6.07) is 3.73. The van der Waals surface area contributed by atoms with Crippen LogP contribution in [0, 0.1) is 17.6 Å². The second kappa shape index (κ2) is 7.94. The van der Waals surface area contributed by atoms with Gasteiger partial charge in [0.1, 0.15) is 0 Å². The van der Waals surface area contributed by atoms with Gasteiger partial charge in [-0.15, -0.1) is 0 Å². The molecule has 0 aliphatic rings. The molecule has 0 radical (unpaired) electrons. The lowest BCUT2D eigenvalue weighted by molar-refractivity contribution is -0.135. The van der Waals surface area contributed by atoms with Crippen LogP contribution in [0.2, 0.25) is 0 Å². The van der Waals surface area contributed by atoms with Crippen molar-refractivity contribution in [1.82, 2.24) is 10.2 Å². The van der Waals surface area contributed by atoms with Crippen LogP contribution < -0.4 is 5.32 Å². The lowest BCUT2D eigenvalue weighted by atomic mass is 10.1. The molecule has 0 aliphatic carbocycles. The number of hydrogen-bond donors (Lipinski definition) is 1. The van der Waals surface area contributed by atoms with Gasteiger partial charge in [-0.2, -0.15) is 0 Å². The van der Waals surface area contributed by atoms with E-state index < -0.39 is 11.6 Å². The molecule has 20 heavy (non-hydrogen) atoms. The molecule has 1 unspecified atom stereocenters. The summed E-state index contributed by atoms with van der Waals surface area (Å²) in [6.45, 7) is 7.97. The van der Waals surface area contributed by atoms with Gasteiger partial charge in [-0.05, 0) is 31.2 Å². The monoisotopic (exact) mass is 284 g/mol. The fourth-order valence-electron chi connectivity index (χ4n) is 1.96. The van der Waals surface area contributed by atoms with Crippen LogP contribution in [0.1, 0.15) is 26.3 Å². The zero-order valence-corrected chi connectivity index (χ0v) is 12.2. The van der Waals surface area contributed by atoms with Gasteiger partial charge in [0.2, 0.25) is 5.91 Å². The number of benzene rings is 1. The van der Waals surface area contributed by atoms with Gasteiger partial charge in [-0.1, -0.05) is 19.9 Å². The van der Waals surface area contributed by atoms with Crippen molar-refractivity contribution in [2.45, 2.75) is 27.3 Å². The number of nitrogens with zero attached hydrogens (tertiary/aromatic N) is 1. The van der Waals surface area contributed by atoms with Crippen LogP contribution in [-0.4, -0.2) is 30.4 Å². The molecular weight excluding hydrogens is 262 g/mol. The van der Waals surface area contributed by atoms with E-state index in [0.717, 1.165) is 18.7 Å². The standard InChI is InChI=1S/C15H22F2N2O/c1-4-18-9-11(3)15(20)19(5-2)10-12-6-7-13(16)14(17)8-12/h6-8,11,18H,4-5,9-10H2,1-3H3. The summed E-state index contributed by atoms with van der Waals surface area (Å²) in [6.07, 6.45) is 0. The largest absolute Gasteiger partial charge is 0.338 e. The molecule has 1 rings (SSSR count). The molecule has 0 spiro atoms. The van der Waals surface area contributed by atoms with Crippen LogP contribution in [0.25, 0.3) is 0 Å². The maximum Gasteiger partial charge on any atom is 0.226 e. The molecule has 3 nitrogen and oxygen atoms in total. The number of carbonyl (C=O) groups excluding carboxylic acids is 1. The number of nitrogens with one attached hydrogen (secondary N) is 1. The van der Waals surface area contributed by atoms with E-state index in [2.05, 4.69) is 5.32 Å². The van der Waals surface area contributed by atoms with E-state index in [4.69, 9.17) is 0 Å². The highest BCUT2D eigenvalue weighted by Gasteiger charge is 2.19. The molecule has 0 saturated heterocycles. The number of amides is 1. The average Bonchev–Trinajstić information content (AvgIpc) is 2.45. The SMILES string of the molecule is CCNCC(C)C(=O)N(CC)Cc1ccc(F)c(F)c1. The molecule has 1 N–H and O–H groups in total. The van der Waals surface area contributed by atoms with Gasteiger partial charge in [0, 0.05) is 25.6 Å². The molecule has 0 aliphatic heterocycles. The minimum absolute atomic E-state index is 0.0122. The Balaban J connectivity index is 2.70. The van der Waals surface area contributed by atoms with Crippen molar-refractivity contribution < 1.29 is 13.6 Å². The molecule has 1 amide bonds. The number of rotatable bonds is 7. The van der Waals surface area contributed by atoms with Gasteiger partial charge < -0.3 is 10.2 Å². The van der Waals surface area contributed by atoms with Gasteiger partial charge in [0.15, 0.2) is 11.6 Å². The van der Waals surface area contributed by atoms with Crippen molar-refractivity contribution in [3.05, 3.63) is 35.4 Å². The summed E-state index contributed by atoms with van der Waals surface area (Å²) >= 11 is 0. The van der Waals surface area contributed by atoms with E-state index in [1.807, 2.05) is 20.8 Å². The van der Waals surface area contributed by atoms with E-state index in [0.29, 0.717) is 25.2 Å². The maximum atomic E-state index is 13.2. The second-order valence-corrected chi connectivity index (χ2v) is 4.81. The fraction of sp³-hybridized carbons (Fsp3) is 0.533. The van der Waals surface area contributed by atoms with Crippen LogP contribution >= 0.6 is 0 Å². The molecule has 0 saturated carbocycles. The quantitative estimate of drug-likeness (QED) is 0.834. The fourth-order valence-corrected chi connectivity index (χ4v) is 1.96. The lowest BCUT2D eigenvalue weighted by Crippen LogP contribution is -2.38. The zero-order chi connectivity index (χ0) is 15.1. The van der Waals surface area contributed by atoms with Crippen molar-refractivity contribution in [3.8, 4) is 0 Å². The van der Waals surface area contributed by atoms with E-state index in [1.165, 1.54) is 6.07 Å². The van der Waals surface area contributed by atoms with E-state index >= 15 is 0 Å². The van der Waals surface area contributed by atoms with Crippen LogP contribution in [0.15, 0.2) is 18.2 Å². The molecular formula is C15H22F2N2O. The molecule has 1 atom stereocenters. The van der Waals surface area contributed by atoms with Crippen molar-refractivity contribution in [2.24, 2.45) is 5.92 Å². The first-order chi connectivity index (χ1) is 9.49. The Bertz CT molecular complexity index is 451. The smallest absolute Gasteiger partial charge is 0.226 e. The van der Waals surface area contributed by atoms with Crippen LogP contribution in [0.4, 0.5) is 8.78 Å². The van der Waals surface area contributed by atoms with Crippen LogP contribution in [-0.2, 0) is 11.3 Å². The minimum Gasteiger partial charge on any atom is -0.338 e. The summed E-state index contributed by atoms with van der Waals surface area (Å²) in [5.41, 5.74) is 0.592. The first kappa shape index (κ1) is 16.6. The molecule has 0 heterocycles. The maximum absolute atomic E-state index is 13.2. The topological polar surface area (TPSA) is 32.3 Å². The second-order valence-electron chi connectivity index (χ2n) is 4.81. The van der Waals surface area contributed by atoms with E-state index in [9.17, 15) is 13.6 Å². The van der Waals surface area contributed by atoms with Gasteiger partial charge in [-0.3, -0.25) is 4.79 Å².